The molecule has 1 atom stereocenters. The lowest BCUT2D eigenvalue weighted by molar-refractivity contribution is 0.0894. The Hall–Kier alpha value is -1.06. The molecule has 0 heterocycles. The lowest BCUT2D eigenvalue weighted by Gasteiger charge is -2.32. The first-order chi connectivity index (χ1) is 9.74. The van der Waals surface area contributed by atoms with E-state index in [1.54, 1.807) is 0 Å². The second-order valence-electron chi connectivity index (χ2n) is 7.26. The van der Waals surface area contributed by atoms with Crippen LogP contribution in [0.2, 0.25) is 0 Å². The summed E-state index contributed by atoms with van der Waals surface area (Å²) in [7, 11) is 0. The molecule has 1 rings (SSSR count). The van der Waals surface area contributed by atoms with Crippen LogP contribution in [0.5, 0.6) is 0 Å². The maximum atomic E-state index is 12.4. The summed E-state index contributed by atoms with van der Waals surface area (Å²) in [5, 5.41) is 3.20. The van der Waals surface area contributed by atoms with Gasteiger partial charge in [0.1, 0.15) is 0 Å². The Labute approximate surface area is 141 Å². The van der Waals surface area contributed by atoms with Crippen molar-refractivity contribution >= 4 is 18.3 Å². The summed E-state index contributed by atoms with van der Waals surface area (Å²) in [4.78, 5) is 12.4. The van der Waals surface area contributed by atoms with Crippen molar-refractivity contribution in [2.24, 2.45) is 17.1 Å². The standard InChI is InChI=1S/C18H30N2O.ClH/c1-13(2)6-11-16(18(3,4)5)20-17(21)15-9-7-14(12-19)8-10-15;/h7-10,13,16H,6,11-12,19H2,1-5H3,(H,20,21);1H. The molecule has 126 valence electrons. The minimum Gasteiger partial charge on any atom is -0.349 e. The highest BCUT2D eigenvalue weighted by atomic mass is 35.5. The summed E-state index contributed by atoms with van der Waals surface area (Å²) >= 11 is 0. The zero-order valence-electron chi connectivity index (χ0n) is 14.5. The lowest BCUT2D eigenvalue weighted by Crippen LogP contribution is -2.43. The molecule has 1 aromatic carbocycles. The molecule has 0 bridgehead atoms. The van der Waals surface area contributed by atoms with Gasteiger partial charge in [-0.3, -0.25) is 4.79 Å². The molecule has 0 spiro atoms. The van der Waals surface area contributed by atoms with Gasteiger partial charge in [-0.05, 0) is 41.9 Å². The maximum Gasteiger partial charge on any atom is 0.251 e. The predicted octanol–water partition coefficient (Wildman–Crippen LogP) is 4.15. The third kappa shape index (κ3) is 6.80. The summed E-state index contributed by atoms with van der Waals surface area (Å²) in [5.74, 6) is 0.651. The van der Waals surface area contributed by atoms with Crippen molar-refractivity contribution in [2.45, 2.75) is 60.0 Å². The minimum atomic E-state index is 0. The van der Waals surface area contributed by atoms with E-state index >= 15 is 0 Å². The van der Waals surface area contributed by atoms with E-state index in [0.29, 0.717) is 18.0 Å². The van der Waals surface area contributed by atoms with Crippen molar-refractivity contribution < 1.29 is 4.79 Å². The normalized spacial score (nSPS) is 12.7. The van der Waals surface area contributed by atoms with Gasteiger partial charge in [0.25, 0.3) is 5.91 Å². The predicted molar refractivity (Wildman–Crippen MR) is 96.4 cm³/mol. The van der Waals surface area contributed by atoms with Gasteiger partial charge in [-0.1, -0.05) is 46.8 Å². The van der Waals surface area contributed by atoms with Crippen LogP contribution in [0.25, 0.3) is 0 Å². The van der Waals surface area contributed by atoms with Crippen LogP contribution in [0, 0.1) is 11.3 Å². The van der Waals surface area contributed by atoms with E-state index in [9.17, 15) is 4.79 Å². The highest BCUT2D eigenvalue weighted by Crippen LogP contribution is 2.25. The number of rotatable bonds is 6. The van der Waals surface area contributed by atoms with E-state index in [1.165, 1.54) is 0 Å². The number of carbonyl (C=O) groups excluding carboxylic acids is 1. The number of benzene rings is 1. The van der Waals surface area contributed by atoms with Gasteiger partial charge in [-0.15, -0.1) is 12.4 Å². The van der Waals surface area contributed by atoms with Gasteiger partial charge < -0.3 is 11.1 Å². The largest absolute Gasteiger partial charge is 0.349 e. The smallest absolute Gasteiger partial charge is 0.251 e. The molecule has 0 aliphatic rings. The first-order valence-corrected chi connectivity index (χ1v) is 7.84. The van der Waals surface area contributed by atoms with Crippen LogP contribution in [-0.4, -0.2) is 11.9 Å². The Morgan fingerprint density at radius 3 is 2.09 bits per heavy atom. The molecule has 0 aromatic heterocycles. The van der Waals surface area contributed by atoms with E-state index in [0.717, 1.165) is 18.4 Å². The molecule has 4 heteroatoms. The Bertz CT molecular complexity index is 449. The van der Waals surface area contributed by atoms with Crippen molar-refractivity contribution in [3.8, 4) is 0 Å². The van der Waals surface area contributed by atoms with Gasteiger partial charge in [0.05, 0.1) is 0 Å². The maximum absolute atomic E-state index is 12.4. The third-order valence-electron chi connectivity index (χ3n) is 3.84. The SMILES string of the molecule is CC(C)CCC(NC(=O)c1ccc(CN)cc1)C(C)(C)C.Cl. The topological polar surface area (TPSA) is 55.1 Å². The zero-order chi connectivity index (χ0) is 16.0. The Balaban J connectivity index is 0.00000441. The Morgan fingerprint density at radius 2 is 1.68 bits per heavy atom. The average Bonchev–Trinajstić information content (AvgIpc) is 2.41. The summed E-state index contributed by atoms with van der Waals surface area (Å²) in [5.41, 5.74) is 7.38. The third-order valence-corrected chi connectivity index (χ3v) is 3.84. The molecule has 0 aliphatic heterocycles. The van der Waals surface area contributed by atoms with Gasteiger partial charge in [0, 0.05) is 18.2 Å². The van der Waals surface area contributed by atoms with Gasteiger partial charge in [0.2, 0.25) is 0 Å². The molecular formula is C18H31ClN2O. The zero-order valence-corrected chi connectivity index (χ0v) is 15.3. The molecule has 3 N–H and O–H groups in total. The Morgan fingerprint density at radius 1 is 1.14 bits per heavy atom. The second kappa shape index (κ2) is 9.16. The Kier molecular flexibility index (Phi) is 8.72. The molecule has 1 amide bonds. The molecule has 0 saturated carbocycles. The molecule has 1 aromatic rings. The van der Waals surface area contributed by atoms with Crippen LogP contribution in [-0.2, 0) is 6.54 Å². The van der Waals surface area contributed by atoms with Crippen LogP contribution in [0.3, 0.4) is 0 Å². The number of nitrogens with one attached hydrogen (secondary N) is 1. The first-order valence-electron chi connectivity index (χ1n) is 7.84. The van der Waals surface area contributed by atoms with Gasteiger partial charge in [-0.25, -0.2) is 0 Å². The quantitative estimate of drug-likeness (QED) is 0.825. The molecule has 22 heavy (non-hydrogen) atoms. The van der Waals surface area contributed by atoms with Gasteiger partial charge >= 0.3 is 0 Å². The molecular weight excluding hydrogens is 296 g/mol. The van der Waals surface area contributed by atoms with Gasteiger partial charge in [-0.2, -0.15) is 0 Å². The van der Waals surface area contributed by atoms with Crippen molar-refractivity contribution in [2.75, 3.05) is 0 Å². The highest BCUT2D eigenvalue weighted by molar-refractivity contribution is 5.94. The minimum absolute atomic E-state index is 0. The van der Waals surface area contributed by atoms with Crippen molar-refractivity contribution in [1.29, 1.82) is 0 Å². The summed E-state index contributed by atoms with van der Waals surface area (Å²) in [6, 6.07) is 7.70. The molecule has 3 nitrogen and oxygen atoms in total. The lowest BCUT2D eigenvalue weighted by atomic mass is 9.82. The molecule has 0 fully saturated rings. The number of hydrogen-bond donors (Lipinski definition) is 2. The van der Waals surface area contributed by atoms with Crippen LogP contribution >= 0.6 is 12.4 Å². The number of halogens is 1. The summed E-state index contributed by atoms with van der Waals surface area (Å²) in [6.07, 6.45) is 2.13. The van der Waals surface area contributed by atoms with E-state index in [2.05, 4.69) is 39.9 Å². The van der Waals surface area contributed by atoms with E-state index < -0.39 is 0 Å². The van der Waals surface area contributed by atoms with Gasteiger partial charge in [0.15, 0.2) is 0 Å². The number of hydrogen-bond acceptors (Lipinski definition) is 2. The fraction of sp³-hybridized carbons (Fsp3) is 0.611. The van der Waals surface area contributed by atoms with Crippen LogP contribution in [0.1, 0.15) is 63.4 Å². The fourth-order valence-corrected chi connectivity index (χ4v) is 2.26. The summed E-state index contributed by atoms with van der Waals surface area (Å²) in [6.45, 7) is 11.5. The first kappa shape index (κ1) is 20.9. The highest BCUT2D eigenvalue weighted by Gasteiger charge is 2.26. The van der Waals surface area contributed by atoms with E-state index in [1.807, 2.05) is 24.3 Å². The number of amides is 1. The van der Waals surface area contributed by atoms with Crippen LogP contribution in [0.15, 0.2) is 24.3 Å². The summed E-state index contributed by atoms with van der Waals surface area (Å²) < 4.78 is 0. The molecule has 0 saturated heterocycles. The van der Waals surface area contributed by atoms with E-state index in [-0.39, 0.29) is 29.8 Å². The fourth-order valence-electron chi connectivity index (χ4n) is 2.26. The van der Waals surface area contributed by atoms with Crippen molar-refractivity contribution in [1.82, 2.24) is 5.32 Å². The van der Waals surface area contributed by atoms with Crippen LogP contribution < -0.4 is 11.1 Å². The molecule has 0 radical (unpaired) electrons. The molecule has 1 unspecified atom stereocenters. The van der Waals surface area contributed by atoms with Crippen molar-refractivity contribution in [3.05, 3.63) is 35.4 Å². The van der Waals surface area contributed by atoms with Crippen molar-refractivity contribution in [3.63, 3.8) is 0 Å². The number of nitrogens with two attached hydrogens (primary N) is 1. The van der Waals surface area contributed by atoms with Crippen LogP contribution in [0.4, 0.5) is 0 Å². The number of carbonyl (C=O) groups is 1. The average molecular weight is 327 g/mol. The monoisotopic (exact) mass is 326 g/mol. The molecule has 0 aliphatic carbocycles. The second-order valence-corrected chi connectivity index (χ2v) is 7.26. The van der Waals surface area contributed by atoms with E-state index in [4.69, 9.17) is 5.73 Å².